The Bertz CT molecular complexity index is 629. The third kappa shape index (κ3) is 4.67. The van der Waals surface area contributed by atoms with Crippen molar-refractivity contribution >= 4 is 17.1 Å². The van der Waals surface area contributed by atoms with Gasteiger partial charge < -0.3 is 19.9 Å². The fourth-order valence-corrected chi connectivity index (χ4v) is 3.23. The number of morpholine rings is 1. The summed E-state index contributed by atoms with van der Waals surface area (Å²) in [6, 6.07) is 17.6. The van der Waals surface area contributed by atoms with Crippen LogP contribution in [0.1, 0.15) is 19.4 Å². The number of ether oxygens (including phenoxy) is 1. The lowest BCUT2D eigenvalue weighted by Gasteiger charge is -2.29. The lowest BCUT2D eigenvalue weighted by atomic mass is 10.2. The van der Waals surface area contributed by atoms with Crippen LogP contribution >= 0.6 is 0 Å². The number of nitrogens with zero attached hydrogens (tertiary/aromatic N) is 2. The number of nitrogens with one attached hydrogen (secondary N) is 1. The van der Waals surface area contributed by atoms with Gasteiger partial charge in [0.15, 0.2) is 0 Å². The summed E-state index contributed by atoms with van der Waals surface area (Å²) in [5.74, 6) is 0. The summed E-state index contributed by atoms with van der Waals surface area (Å²) in [5, 5.41) is 3.51. The standard InChI is InChI=1S/C21H29N3O/c1-3-23(4-2)20-9-5-18(6-10-20)17-22-19-7-11-21(12-8-19)24-13-15-25-16-14-24/h5-12,22H,3-4,13-17H2,1-2H3. The average Bonchev–Trinajstić information content (AvgIpc) is 2.69. The van der Waals surface area contributed by atoms with E-state index >= 15 is 0 Å². The van der Waals surface area contributed by atoms with E-state index in [1.165, 1.54) is 16.9 Å². The number of benzene rings is 2. The first-order valence-electron chi connectivity index (χ1n) is 9.30. The minimum Gasteiger partial charge on any atom is -0.381 e. The topological polar surface area (TPSA) is 27.7 Å². The van der Waals surface area contributed by atoms with Gasteiger partial charge in [0.05, 0.1) is 13.2 Å². The van der Waals surface area contributed by atoms with Crippen molar-refractivity contribution in [1.82, 2.24) is 0 Å². The van der Waals surface area contributed by atoms with Crippen molar-refractivity contribution < 1.29 is 4.74 Å². The van der Waals surface area contributed by atoms with E-state index in [2.05, 4.69) is 77.5 Å². The van der Waals surface area contributed by atoms with Crippen molar-refractivity contribution in [2.45, 2.75) is 20.4 Å². The van der Waals surface area contributed by atoms with Crippen molar-refractivity contribution in [3.63, 3.8) is 0 Å². The maximum Gasteiger partial charge on any atom is 0.0642 e. The van der Waals surface area contributed by atoms with Gasteiger partial charge in [-0.2, -0.15) is 0 Å². The van der Waals surface area contributed by atoms with Gasteiger partial charge in [-0.1, -0.05) is 12.1 Å². The number of hydrogen-bond donors (Lipinski definition) is 1. The molecule has 0 amide bonds. The smallest absolute Gasteiger partial charge is 0.0642 e. The first-order valence-corrected chi connectivity index (χ1v) is 9.30. The molecule has 0 atom stereocenters. The van der Waals surface area contributed by atoms with Crippen LogP contribution in [0.25, 0.3) is 0 Å². The van der Waals surface area contributed by atoms with E-state index < -0.39 is 0 Å². The van der Waals surface area contributed by atoms with Crippen LogP contribution in [0.2, 0.25) is 0 Å². The molecule has 0 bridgehead atoms. The summed E-state index contributed by atoms with van der Waals surface area (Å²) in [7, 11) is 0. The van der Waals surface area contributed by atoms with Gasteiger partial charge in [0.1, 0.15) is 0 Å². The summed E-state index contributed by atoms with van der Waals surface area (Å²) < 4.78 is 5.41. The van der Waals surface area contributed by atoms with Gasteiger partial charge in [-0.3, -0.25) is 0 Å². The minimum atomic E-state index is 0.823. The zero-order valence-electron chi connectivity index (χ0n) is 15.4. The molecule has 0 radical (unpaired) electrons. The van der Waals surface area contributed by atoms with Crippen molar-refractivity contribution in [1.29, 1.82) is 0 Å². The van der Waals surface area contributed by atoms with Crippen LogP contribution in [0.3, 0.4) is 0 Å². The molecular formula is C21H29N3O. The predicted octanol–water partition coefficient (Wildman–Crippen LogP) is 3.98. The molecule has 1 saturated heterocycles. The third-order valence-electron chi connectivity index (χ3n) is 4.81. The summed E-state index contributed by atoms with van der Waals surface area (Å²) in [6.07, 6.45) is 0. The Hall–Kier alpha value is -2.20. The van der Waals surface area contributed by atoms with E-state index in [-0.39, 0.29) is 0 Å². The van der Waals surface area contributed by atoms with Gasteiger partial charge in [0.2, 0.25) is 0 Å². The molecule has 0 unspecified atom stereocenters. The number of anilines is 3. The van der Waals surface area contributed by atoms with Gasteiger partial charge in [0.25, 0.3) is 0 Å². The third-order valence-corrected chi connectivity index (χ3v) is 4.81. The van der Waals surface area contributed by atoms with Crippen molar-refractivity contribution in [3.8, 4) is 0 Å². The Morgan fingerprint density at radius 3 is 2.16 bits per heavy atom. The van der Waals surface area contributed by atoms with Gasteiger partial charge in [-0.15, -0.1) is 0 Å². The normalized spacial score (nSPS) is 14.4. The average molecular weight is 339 g/mol. The van der Waals surface area contributed by atoms with Crippen LogP contribution in [0.15, 0.2) is 48.5 Å². The molecule has 2 aromatic rings. The zero-order chi connectivity index (χ0) is 17.5. The highest BCUT2D eigenvalue weighted by molar-refractivity contribution is 5.55. The molecule has 0 saturated carbocycles. The zero-order valence-corrected chi connectivity index (χ0v) is 15.4. The number of rotatable bonds is 7. The molecule has 1 fully saturated rings. The second kappa shape index (κ2) is 8.77. The van der Waals surface area contributed by atoms with Crippen LogP contribution in [-0.2, 0) is 11.3 Å². The van der Waals surface area contributed by atoms with Crippen LogP contribution in [-0.4, -0.2) is 39.4 Å². The molecule has 0 aromatic heterocycles. The highest BCUT2D eigenvalue weighted by atomic mass is 16.5. The molecule has 25 heavy (non-hydrogen) atoms. The molecule has 4 heteroatoms. The summed E-state index contributed by atoms with van der Waals surface area (Å²) >= 11 is 0. The first kappa shape index (κ1) is 17.6. The SMILES string of the molecule is CCN(CC)c1ccc(CNc2ccc(N3CCOCC3)cc2)cc1. The molecule has 134 valence electrons. The van der Waals surface area contributed by atoms with Gasteiger partial charge in [0, 0.05) is 49.8 Å². The summed E-state index contributed by atoms with van der Waals surface area (Å²) in [4.78, 5) is 4.74. The Balaban J connectivity index is 1.54. The van der Waals surface area contributed by atoms with Crippen molar-refractivity contribution in [2.75, 3.05) is 54.5 Å². The maximum absolute atomic E-state index is 5.41. The highest BCUT2D eigenvalue weighted by Crippen LogP contribution is 2.20. The number of hydrogen-bond acceptors (Lipinski definition) is 4. The molecule has 1 heterocycles. The van der Waals surface area contributed by atoms with Gasteiger partial charge in [-0.05, 0) is 55.8 Å². The largest absolute Gasteiger partial charge is 0.381 e. The Kier molecular flexibility index (Phi) is 6.18. The van der Waals surface area contributed by atoms with Crippen LogP contribution < -0.4 is 15.1 Å². The van der Waals surface area contributed by atoms with E-state index in [1.807, 2.05) is 0 Å². The molecule has 0 aliphatic carbocycles. The first-order chi connectivity index (χ1) is 12.3. The van der Waals surface area contributed by atoms with Gasteiger partial charge in [-0.25, -0.2) is 0 Å². The Morgan fingerprint density at radius 2 is 1.56 bits per heavy atom. The molecule has 0 spiro atoms. The maximum atomic E-state index is 5.41. The van der Waals surface area contributed by atoms with E-state index in [0.29, 0.717) is 0 Å². The lowest BCUT2D eigenvalue weighted by molar-refractivity contribution is 0.122. The van der Waals surface area contributed by atoms with E-state index in [4.69, 9.17) is 4.74 Å². The second-order valence-electron chi connectivity index (χ2n) is 6.34. The quantitative estimate of drug-likeness (QED) is 0.826. The fraction of sp³-hybridized carbons (Fsp3) is 0.429. The monoisotopic (exact) mass is 339 g/mol. The Morgan fingerprint density at radius 1 is 0.920 bits per heavy atom. The minimum absolute atomic E-state index is 0.823. The van der Waals surface area contributed by atoms with E-state index in [1.54, 1.807) is 0 Å². The van der Waals surface area contributed by atoms with Crippen LogP contribution in [0, 0.1) is 0 Å². The summed E-state index contributed by atoms with van der Waals surface area (Å²) in [5.41, 5.74) is 5.03. The van der Waals surface area contributed by atoms with E-state index in [9.17, 15) is 0 Å². The predicted molar refractivity (Wildman–Crippen MR) is 107 cm³/mol. The van der Waals surface area contributed by atoms with Crippen LogP contribution in [0.4, 0.5) is 17.1 Å². The van der Waals surface area contributed by atoms with E-state index in [0.717, 1.165) is 51.6 Å². The van der Waals surface area contributed by atoms with Gasteiger partial charge >= 0.3 is 0 Å². The lowest BCUT2D eigenvalue weighted by Crippen LogP contribution is -2.36. The molecular weight excluding hydrogens is 310 g/mol. The molecule has 4 nitrogen and oxygen atoms in total. The molecule has 3 rings (SSSR count). The fourth-order valence-electron chi connectivity index (χ4n) is 3.23. The van der Waals surface area contributed by atoms with Crippen molar-refractivity contribution in [3.05, 3.63) is 54.1 Å². The molecule has 1 aliphatic heterocycles. The molecule has 2 aromatic carbocycles. The molecule has 1 aliphatic rings. The Labute approximate surface area is 151 Å². The second-order valence-corrected chi connectivity index (χ2v) is 6.34. The molecule has 1 N–H and O–H groups in total. The highest BCUT2D eigenvalue weighted by Gasteiger charge is 2.10. The summed E-state index contributed by atoms with van der Waals surface area (Å²) in [6.45, 7) is 10.9. The van der Waals surface area contributed by atoms with Crippen molar-refractivity contribution in [2.24, 2.45) is 0 Å². The van der Waals surface area contributed by atoms with Crippen LogP contribution in [0.5, 0.6) is 0 Å².